The number of nitrogens with zero attached hydrogens (tertiary/aromatic N) is 3. The highest BCUT2D eigenvalue weighted by molar-refractivity contribution is 6.94. The minimum atomic E-state index is -0.0609. The molecule has 7 aromatic rings. The highest BCUT2D eigenvalue weighted by Crippen LogP contribution is 2.52. The van der Waals surface area contributed by atoms with E-state index >= 15 is 0 Å². The molecule has 2 atom stereocenters. The number of hydrogen-bond donors (Lipinski definition) is 0. The van der Waals surface area contributed by atoms with Crippen molar-refractivity contribution in [3.63, 3.8) is 0 Å². The van der Waals surface area contributed by atoms with Crippen molar-refractivity contribution >= 4 is 63.1 Å². The Morgan fingerprint density at radius 3 is 1.87 bits per heavy atom. The van der Waals surface area contributed by atoms with E-state index in [9.17, 15) is 0 Å². The SMILES string of the molecule is C1=CC2OC3=C(C2C=C1)N(c1cccc(-c2ccccc2)c1)c1cc(C2CCCCC2)cc2c1B3c1ccccc1N2c1cccc(N(c2ccccc2)c2ccccc2)c1. The first-order valence-corrected chi connectivity index (χ1v) is 22.1. The number of benzene rings is 7. The van der Waals surface area contributed by atoms with Crippen LogP contribution in [-0.2, 0) is 4.74 Å². The van der Waals surface area contributed by atoms with Crippen LogP contribution in [-0.4, -0.2) is 12.8 Å². The number of rotatable bonds is 7. The number of allylic oxidation sites excluding steroid dienone is 2. The smallest absolute Gasteiger partial charge is 0.296 e. The van der Waals surface area contributed by atoms with E-state index in [4.69, 9.17) is 4.74 Å². The lowest BCUT2D eigenvalue weighted by atomic mass is 9.35. The first kappa shape index (κ1) is 35.9. The summed E-state index contributed by atoms with van der Waals surface area (Å²) < 4.78 is 7.25. The Hall–Kier alpha value is -6.98. The molecule has 2 unspecified atom stereocenters. The molecular formula is C56H46BN3O. The van der Waals surface area contributed by atoms with E-state index in [1.165, 1.54) is 82.5 Å². The van der Waals surface area contributed by atoms with Gasteiger partial charge >= 0.3 is 0 Å². The van der Waals surface area contributed by atoms with E-state index in [1.807, 2.05) is 0 Å². The summed E-state index contributed by atoms with van der Waals surface area (Å²) in [7, 11) is 0. The molecule has 1 fully saturated rings. The van der Waals surface area contributed by atoms with Gasteiger partial charge in [0.1, 0.15) is 6.10 Å². The third-order valence-corrected chi connectivity index (χ3v) is 13.5. The zero-order chi connectivity index (χ0) is 40.3. The molecule has 5 aliphatic rings. The number of para-hydroxylation sites is 3. The van der Waals surface area contributed by atoms with Crippen LogP contribution in [0.3, 0.4) is 0 Å². The van der Waals surface area contributed by atoms with Gasteiger partial charge in [-0.15, -0.1) is 0 Å². The highest BCUT2D eigenvalue weighted by Gasteiger charge is 2.52. The van der Waals surface area contributed by atoms with Gasteiger partial charge in [0.25, 0.3) is 6.71 Å². The van der Waals surface area contributed by atoms with Crippen molar-refractivity contribution in [2.75, 3.05) is 14.7 Å². The maximum atomic E-state index is 7.25. The van der Waals surface area contributed by atoms with Crippen molar-refractivity contribution < 1.29 is 4.74 Å². The second kappa shape index (κ2) is 14.9. The average molecular weight is 788 g/mol. The summed E-state index contributed by atoms with van der Waals surface area (Å²) in [5.74, 6) is 0.600. The van der Waals surface area contributed by atoms with Crippen molar-refractivity contribution in [1.82, 2.24) is 0 Å². The van der Waals surface area contributed by atoms with Gasteiger partial charge in [-0.25, -0.2) is 0 Å². The van der Waals surface area contributed by atoms with Crippen LogP contribution >= 0.6 is 0 Å². The fourth-order valence-electron chi connectivity index (χ4n) is 10.8. The summed E-state index contributed by atoms with van der Waals surface area (Å²) in [6.07, 6.45) is 15.2. The summed E-state index contributed by atoms with van der Waals surface area (Å²) in [6, 6.07) is 64.7. The zero-order valence-electron chi connectivity index (χ0n) is 34.1. The van der Waals surface area contributed by atoms with Crippen LogP contribution in [0.4, 0.5) is 45.5 Å². The van der Waals surface area contributed by atoms with Gasteiger partial charge in [0.2, 0.25) is 0 Å². The Morgan fingerprint density at radius 2 is 1.11 bits per heavy atom. The maximum Gasteiger partial charge on any atom is 0.296 e. The fraction of sp³-hybridized carbons (Fsp3) is 0.143. The topological polar surface area (TPSA) is 19.0 Å². The molecule has 12 rings (SSSR count). The van der Waals surface area contributed by atoms with Crippen LogP contribution < -0.4 is 25.6 Å². The standard InChI is InChI=1S/C56H46BN3O/c1-5-19-39(20-6-1)41-23-17-28-45(35-41)60-52-37-42(40-21-7-2-8-22-40)36-51-54(52)57(56-55(60)48-31-13-16-34-53(48)61-56)49-32-14-15-33-50(49)59(51)47-30-18-29-46(38-47)58(43-24-9-3-10-25-43)44-26-11-4-12-27-44/h1,3-6,9-20,23-38,40,48,53H,2,7-8,21-22H2. The molecule has 5 heteroatoms. The van der Waals surface area contributed by atoms with Crippen molar-refractivity contribution in [3.8, 4) is 11.1 Å². The number of fused-ring (bicyclic) bond motifs is 5. The predicted molar refractivity (Wildman–Crippen MR) is 254 cm³/mol. The average Bonchev–Trinajstić information content (AvgIpc) is 3.72. The van der Waals surface area contributed by atoms with Gasteiger partial charge < -0.3 is 19.4 Å². The van der Waals surface area contributed by atoms with E-state index < -0.39 is 0 Å². The van der Waals surface area contributed by atoms with Gasteiger partial charge in [0, 0.05) is 45.5 Å². The van der Waals surface area contributed by atoms with Crippen LogP contribution in [0.15, 0.2) is 212 Å². The van der Waals surface area contributed by atoms with Gasteiger partial charge in [0.15, 0.2) is 0 Å². The molecule has 3 aliphatic heterocycles. The summed E-state index contributed by atoms with van der Waals surface area (Å²) >= 11 is 0. The molecule has 0 N–H and O–H groups in total. The lowest BCUT2D eigenvalue weighted by Gasteiger charge is -2.44. The molecule has 3 heterocycles. The van der Waals surface area contributed by atoms with Crippen molar-refractivity contribution in [3.05, 3.63) is 217 Å². The van der Waals surface area contributed by atoms with Crippen molar-refractivity contribution in [1.29, 1.82) is 0 Å². The molecule has 4 nitrogen and oxygen atoms in total. The molecule has 7 aromatic carbocycles. The normalized spacial score (nSPS) is 18.6. The Balaban J connectivity index is 1.11. The second-order valence-electron chi connectivity index (χ2n) is 17.0. The van der Waals surface area contributed by atoms with E-state index in [-0.39, 0.29) is 18.7 Å². The molecular weight excluding hydrogens is 741 g/mol. The minimum absolute atomic E-state index is 0.0536. The van der Waals surface area contributed by atoms with Gasteiger partial charge in [-0.2, -0.15) is 0 Å². The zero-order valence-corrected chi connectivity index (χ0v) is 34.1. The minimum Gasteiger partial charge on any atom is -0.497 e. The van der Waals surface area contributed by atoms with Crippen molar-refractivity contribution in [2.24, 2.45) is 5.92 Å². The molecule has 1 saturated carbocycles. The lowest BCUT2D eigenvalue weighted by Crippen LogP contribution is -2.56. The van der Waals surface area contributed by atoms with Gasteiger partial charge in [-0.05, 0) is 125 Å². The van der Waals surface area contributed by atoms with Gasteiger partial charge in [-0.1, -0.05) is 141 Å². The molecule has 0 saturated heterocycles. The largest absolute Gasteiger partial charge is 0.497 e. The summed E-state index contributed by atoms with van der Waals surface area (Å²) in [5, 5.41) is 0. The van der Waals surface area contributed by atoms with E-state index in [0.717, 1.165) is 34.1 Å². The van der Waals surface area contributed by atoms with Gasteiger partial charge in [0.05, 0.1) is 17.3 Å². The second-order valence-corrected chi connectivity index (χ2v) is 17.0. The Bertz CT molecular complexity index is 2820. The number of ether oxygens (including phenoxy) is 1. The molecule has 61 heavy (non-hydrogen) atoms. The molecule has 0 radical (unpaired) electrons. The van der Waals surface area contributed by atoms with E-state index in [2.05, 4.69) is 215 Å². The fourth-order valence-corrected chi connectivity index (χ4v) is 10.8. The first-order valence-electron chi connectivity index (χ1n) is 22.1. The molecule has 2 aliphatic carbocycles. The van der Waals surface area contributed by atoms with E-state index in [0.29, 0.717) is 5.92 Å². The highest BCUT2D eigenvalue weighted by atomic mass is 16.5. The van der Waals surface area contributed by atoms with Crippen molar-refractivity contribution in [2.45, 2.75) is 44.1 Å². The molecule has 0 spiro atoms. The van der Waals surface area contributed by atoms with Crippen LogP contribution in [0.25, 0.3) is 11.1 Å². The first-order chi connectivity index (χ1) is 30.3. The third kappa shape index (κ3) is 6.05. The molecule has 0 amide bonds. The Morgan fingerprint density at radius 1 is 0.508 bits per heavy atom. The number of anilines is 8. The predicted octanol–water partition coefficient (Wildman–Crippen LogP) is 13.3. The van der Waals surface area contributed by atoms with Crippen LogP contribution in [0.1, 0.15) is 43.6 Å². The van der Waals surface area contributed by atoms with Crippen LogP contribution in [0.2, 0.25) is 0 Å². The molecule has 0 aromatic heterocycles. The quantitative estimate of drug-likeness (QED) is 0.150. The van der Waals surface area contributed by atoms with E-state index in [1.54, 1.807) is 0 Å². The monoisotopic (exact) mass is 787 g/mol. The van der Waals surface area contributed by atoms with Crippen LogP contribution in [0.5, 0.6) is 0 Å². The summed E-state index contributed by atoms with van der Waals surface area (Å²) in [4.78, 5) is 7.51. The lowest BCUT2D eigenvalue weighted by molar-refractivity contribution is 0.180. The third-order valence-electron chi connectivity index (χ3n) is 13.5. The summed E-state index contributed by atoms with van der Waals surface area (Å²) in [6.45, 7) is -0.0536. The molecule has 294 valence electrons. The van der Waals surface area contributed by atoms with Crippen LogP contribution in [0, 0.1) is 5.92 Å². The summed E-state index contributed by atoms with van der Waals surface area (Å²) in [5.41, 5.74) is 18.1. The Labute approximate surface area is 359 Å². The maximum absolute atomic E-state index is 7.25. The van der Waals surface area contributed by atoms with Gasteiger partial charge in [-0.3, -0.25) is 0 Å². The molecule has 0 bridgehead atoms. The number of hydrogen-bond acceptors (Lipinski definition) is 4. The Kier molecular flexibility index (Phi) is 8.80.